The summed E-state index contributed by atoms with van der Waals surface area (Å²) in [7, 11) is -1.66. The van der Waals surface area contributed by atoms with Gasteiger partial charge in [-0.15, -0.1) is 0 Å². The van der Waals surface area contributed by atoms with Crippen molar-refractivity contribution >= 4 is 31.8 Å². The second-order valence-electron chi connectivity index (χ2n) is 5.38. The van der Waals surface area contributed by atoms with E-state index in [-0.39, 0.29) is 6.04 Å². The SMILES string of the molecule is CNCC1CCCCN1S(=O)(=O)Nc1ccc(Br)cc1C. The fourth-order valence-corrected chi connectivity index (χ4v) is 4.71. The average Bonchev–Trinajstić information content (AvgIpc) is 2.43. The number of benzene rings is 1. The molecular weight excluding hydrogens is 354 g/mol. The number of nitrogens with one attached hydrogen (secondary N) is 2. The quantitative estimate of drug-likeness (QED) is 0.830. The van der Waals surface area contributed by atoms with Crippen molar-refractivity contribution < 1.29 is 8.42 Å². The molecule has 0 aliphatic carbocycles. The first-order valence-electron chi connectivity index (χ1n) is 7.14. The number of likely N-dealkylation sites (N-methyl/N-ethyl adjacent to an activating group) is 1. The molecular formula is C14H22BrN3O2S. The number of halogens is 1. The summed E-state index contributed by atoms with van der Waals surface area (Å²) in [6.45, 7) is 3.15. The first-order valence-corrected chi connectivity index (χ1v) is 9.37. The minimum Gasteiger partial charge on any atom is -0.318 e. The van der Waals surface area contributed by atoms with E-state index in [1.165, 1.54) is 0 Å². The monoisotopic (exact) mass is 375 g/mol. The zero-order valence-electron chi connectivity index (χ0n) is 12.4. The maximum absolute atomic E-state index is 12.7. The Hall–Kier alpha value is -0.630. The van der Waals surface area contributed by atoms with Crippen LogP contribution >= 0.6 is 15.9 Å². The van der Waals surface area contributed by atoms with Gasteiger partial charge in [-0.2, -0.15) is 12.7 Å². The summed E-state index contributed by atoms with van der Waals surface area (Å²) in [6.07, 6.45) is 2.90. The van der Waals surface area contributed by atoms with Crippen LogP contribution in [0.15, 0.2) is 22.7 Å². The van der Waals surface area contributed by atoms with Crippen LogP contribution < -0.4 is 10.0 Å². The standard InChI is InChI=1S/C14H22BrN3O2S/c1-11-9-12(15)6-7-14(11)17-21(19,20)18-8-4-3-5-13(18)10-16-2/h6-7,9,13,16-17H,3-5,8,10H2,1-2H3. The van der Waals surface area contributed by atoms with Crippen LogP contribution in [0.3, 0.4) is 0 Å². The number of hydrogen-bond donors (Lipinski definition) is 2. The maximum Gasteiger partial charge on any atom is 0.301 e. The second kappa shape index (κ2) is 7.09. The third-order valence-corrected chi connectivity index (χ3v) is 5.82. The van der Waals surface area contributed by atoms with Crippen LogP contribution in [0, 0.1) is 6.92 Å². The highest BCUT2D eigenvalue weighted by Gasteiger charge is 2.32. The lowest BCUT2D eigenvalue weighted by Gasteiger charge is -2.34. The molecule has 0 saturated carbocycles. The van der Waals surface area contributed by atoms with Gasteiger partial charge in [-0.25, -0.2) is 0 Å². The smallest absolute Gasteiger partial charge is 0.301 e. The first-order chi connectivity index (χ1) is 9.94. The molecule has 1 heterocycles. The fraction of sp³-hybridized carbons (Fsp3) is 0.571. The number of hydrogen-bond acceptors (Lipinski definition) is 3. The molecule has 0 amide bonds. The van der Waals surface area contributed by atoms with Crippen LogP contribution in [0.1, 0.15) is 24.8 Å². The Labute approximate surface area is 135 Å². The molecule has 0 bridgehead atoms. The Kier molecular flexibility index (Phi) is 5.65. The van der Waals surface area contributed by atoms with E-state index in [1.54, 1.807) is 10.4 Å². The van der Waals surface area contributed by atoms with E-state index < -0.39 is 10.2 Å². The molecule has 1 unspecified atom stereocenters. The van der Waals surface area contributed by atoms with E-state index in [2.05, 4.69) is 26.0 Å². The summed E-state index contributed by atoms with van der Waals surface area (Å²) in [4.78, 5) is 0. The van der Waals surface area contributed by atoms with Gasteiger partial charge in [0.2, 0.25) is 0 Å². The van der Waals surface area contributed by atoms with Crippen LogP contribution in [-0.2, 0) is 10.2 Å². The molecule has 1 saturated heterocycles. The van der Waals surface area contributed by atoms with Gasteiger partial charge in [-0.05, 0) is 50.6 Å². The fourth-order valence-electron chi connectivity index (χ4n) is 2.67. The Morgan fingerprint density at radius 3 is 2.81 bits per heavy atom. The number of aryl methyl sites for hydroxylation is 1. The lowest BCUT2D eigenvalue weighted by molar-refractivity contribution is 0.250. The van der Waals surface area contributed by atoms with Crippen LogP contribution in [0.25, 0.3) is 0 Å². The molecule has 1 aliphatic heterocycles. The molecule has 0 radical (unpaired) electrons. The molecule has 2 N–H and O–H groups in total. The van der Waals surface area contributed by atoms with Crippen LogP contribution in [0.5, 0.6) is 0 Å². The maximum atomic E-state index is 12.7. The second-order valence-corrected chi connectivity index (χ2v) is 7.92. The Balaban J connectivity index is 2.20. The Bertz CT molecular complexity index is 590. The van der Waals surface area contributed by atoms with Gasteiger partial charge in [-0.3, -0.25) is 4.72 Å². The average molecular weight is 376 g/mol. The normalized spacial score (nSPS) is 20.4. The predicted octanol–water partition coefficient (Wildman–Crippen LogP) is 2.49. The van der Waals surface area contributed by atoms with E-state index >= 15 is 0 Å². The molecule has 2 rings (SSSR count). The Morgan fingerprint density at radius 2 is 2.14 bits per heavy atom. The molecule has 0 aromatic heterocycles. The minimum atomic E-state index is -3.52. The van der Waals surface area contributed by atoms with Gasteiger partial charge in [0.05, 0.1) is 5.69 Å². The van der Waals surface area contributed by atoms with Crippen LogP contribution in [0.4, 0.5) is 5.69 Å². The zero-order chi connectivity index (χ0) is 15.5. The van der Waals surface area contributed by atoms with Crippen molar-refractivity contribution in [2.24, 2.45) is 0 Å². The molecule has 21 heavy (non-hydrogen) atoms. The van der Waals surface area contributed by atoms with E-state index in [0.29, 0.717) is 18.8 Å². The van der Waals surface area contributed by atoms with Crippen molar-refractivity contribution in [1.29, 1.82) is 0 Å². The number of anilines is 1. The van der Waals surface area contributed by atoms with Gasteiger partial charge in [-0.1, -0.05) is 22.4 Å². The first kappa shape index (κ1) is 16.7. The van der Waals surface area contributed by atoms with E-state index in [4.69, 9.17) is 0 Å². The third kappa shape index (κ3) is 4.18. The lowest BCUT2D eigenvalue weighted by atomic mass is 10.1. The van der Waals surface area contributed by atoms with Crippen molar-refractivity contribution in [2.45, 2.75) is 32.2 Å². The summed E-state index contributed by atoms with van der Waals surface area (Å²) >= 11 is 3.39. The summed E-state index contributed by atoms with van der Waals surface area (Å²) in [5.74, 6) is 0. The largest absolute Gasteiger partial charge is 0.318 e. The van der Waals surface area contributed by atoms with Crippen molar-refractivity contribution in [3.8, 4) is 0 Å². The molecule has 7 heteroatoms. The highest BCUT2D eigenvalue weighted by molar-refractivity contribution is 9.10. The summed E-state index contributed by atoms with van der Waals surface area (Å²) in [6, 6.07) is 5.55. The molecule has 118 valence electrons. The molecule has 1 aliphatic rings. The van der Waals surface area contributed by atoms with Gasteiger partial charge in [0.15, 0.2) is 0 Å². The molecule has 1 fully saturated rings. The molecule has 1 aromatic rings. The van der Waals surface area contributed by atoms with Gasteiger partial charge in [0.1, 0.15) is 0 Å². The lowest BCUT2D eigenvalue weighted by Crippen LogP contribution is -2.50. The number of rotatable bonds is 5. The van der Waals surface area contributed by atoms with E-state index in [9.17, 15) is 8.42 Å². The number of piperidine rings is 1. The summed E-state index contributed by atoms with van der Waals surface area (Å²) in [5, 5.41) is 3.08. The zero-order valence-corrected chi connectivity index (χ0v) is 14.8. The van der Waals surface area contributed by atoms with Gasteiger partial charge in [0, 0.05) is 23.6 Å². The summed E-state index contributed by atoms with van der Waals surface area (Å²) in [5.41, 5.74) is 1.53. The van der Waals surface area contributed by atoms with E-state index in [1.807, 2.05) is 26.1 Å². The topological polar surface area (TPSA) is 61.4 Å². The Morgan fingerprint density at radius 1 is 1.38 bits per heavy atom. The van der Waals surface area contributed by atoms with Crippen LogP contribution in [0.2, 0.25) is 0 Å². The van der Waals surface area contributed by atoms with Gasteiger partial charge in [0.25, 0.3) is 0 Å². The predicted molar refractivity (Wildman–Crippen MR) is 89.7 cm³/mol. The van der Waals surface area contributed by atoms with Gasteiger partial charge < -0.3 is 5.32 Å². The van der Waals surface area contributed by atoms with Crippen molar-refractivity contribution in [3.63, 3.8) is 0 Å². The molecule has 1 atom stereocenters. The molecule has 5 nitrogen and oxygen atoms in total. The van der Waals surface area contributed by atoms with Crippen molar-refractivity contribution in [1.82, 2.24) is 9.62 Å². The van der Waals surface area contributed by atoms with E-state index in [0.717, 1.165) is 29.3 Å². The van der Waals surface area contributed by atoms with Crippen molar-refractivity contribution in [2.75, 3.05) is 24.9 Å². The highest BCUT2D eigenvalue weighted by atomic mass is 79.9. The van der Waals surface area contributed by atoms with Crippen molar-refractivity contribution in [3.05, 3.63) is 28.2 Å². The minimum absolute atomic E-state index is 0.0250. The number of nitrogens with zero attached hydrogens (tertiary/aromatic N) is 1. The van der Waals surface area contributed by atoms with Crippen LogP contribution in [-0.4, -0.2) is 38.9 Å². The molecule has 0 spiro atoms. The highest BCUT2D eigenvalue weighted by Crippen LogP contribution is 2.25. The van der Waals surface area contributed by atoms with Gasteiger partial charge >= 0.3 is 10.2 Å². The summed E-state index contributed by atoms with van der Waals surface area (Å²) < 4.78 is 30.6. The third-order valence-electron chi connectivity index (χ3n) is 3.75. The molecule has 1 aromatic carbocycles.